The van der Waals surface area contributed by atoms with E-state index in [1.807, 2.05) is 0 Å². The fraction of sp³-hybridized carbons (Fsp3) is 1.00. The van der Waals surface area contributed by atoms with Crippen LogP contribution in [0.1, 0.15) is 6.92 Å². The van der Waals surface area contributed by atoms with Crippen LogP contribution in [0.3, 0.4) is 0 Å². The first-order valence-electron chi connectivity index (χ1n) is 2.32. The second-order valence-corrected chi connectivity index (χ2v) is 8.33. The van der Waals surface area contributed by atoms with Gasteiger partial charge in [0.2, 0.25) is 0 Å². The van der Waals surface area contributed by atoms with Crippen LogP contribution in [0.2, 0.25) is 6.55 Å². The molecule has 0 fully saturated rings. The molecule has 0 aliphatic heterocycles. The lowest BCUT2D eigenvalue weighted by molar-refractivity contribution is 0.610. The molecule has 0 atom stereocenters. The van der Waals surface area contributed by atoms with E-state index in [1.54, 1.807) is 13.5 Å². The lowest BCUT2D eigenvalue weighted by Crippen LogP contribution is -2.07. The Morgan fingerprint density at radius 1 is 1.57 bits per heavy atom. The van der Waals surface area contributed by atoms with Crippen molar-refractivity contribution in [3.05, 3.63) is 0 Å². The van der Waals surface area contributed by atoms with E-state index >= 15 is 0 Å². The summed E-state index contributed by atoms with van der Waals surface area (Å²) < 4.78 is 20.9. The van der Waals surface area contributed by atoms with Gasteiger partial charge in [-0.15, -0.1) is 0 Å². The smallest absolute Gasteiger partial charge is 0.161 e. The van der Waals surface area contributed by atoms with Crippen LogP contribution in [-0.4, -0.2) is 22.8 Å². The summed E-state index contributed by atoms with van der Waals surface area (Å²) in [7, 11) is -3.30. The first-order chi connectivity index (χ1) is 3.12. The molecule has 0 bridgehead atoms. The predicted octanol–water partition coefficient (Wildman–Crippen LogP) is -0.447. The molecule has 44 valence electrons. The first kappa shape index (κ1) is 7.17. The third kappa shape index (κ3) is 2.82. The van der Waals surface area contributed by atoms with Crippen molar-refractivity contribution in [3.8, 4) is 0 Å². The van der Waals surface area contributed by atoms with Crippen LogP contribution in [0.5, 0.6) is 0 Å². The molecule has 0 aliphatic rings. The van der Waals surface area contributed by atoms with E-state index in [0.29, 0.717) is 5.75 Å². The lowest BCUT2D eigenvalue weighted by atomic mass is 11.0. The summed E-state index contributed by atoms with van der Waals surface area (Å²) in [5.41, 5.74) is 0. The second kappa shape index (κ2) is 2.47. The summed E-state index contributed by atoms with van der Waals surface area (Å²) in [6.45, 7) is 3.48. The maximum Gasteiger partial charge on any atom is 0.161 e. The van der Waals surface area contributed by atoms with Crippen LogP contribution in [-0.2, 0) is 9.29 Å². The average molecular weight is 138 g/mol. The first-order valence-corrected chi connectivity index (χ1v) is 7.29. The van der Waals surface area contributed by atoms with Crippen LogP contribution in [0, 0.1) is 0 Å². The summed E-state index contributed by atoms with van der Waals surface area (Å²) in [6, 6.07) is 0. The van der Waals surface area contributed by atoms with Gasteiger partial charge in [0, 0.05) is 5.75 Å². The number of rotatable bonds is 2. The van der Waals surface area contributed by atoms with Gasteiger partial charge in [-0.3, -0.25) is 0 Å². The molecular weight excluding hydrogens is 128 g/mol. The summed E-state index contributed by atoms with van der Waals surface area (Å²) in [6.07, 6.45) is 0. The molecule has 0 amide bonds. The normalized spacial score (nSPS) is 13.4. The Kier molecular flexibility index (Phi) is 2.53. The van der Waals surface area contributed by atoms with Crippen molar-refractivity contribution in [2.75, 3.05) is 5.75 Å². The van der Waals surface area contributed by atoms with Crippen LogP contribution in [0.25, 0.3) is 0 Å². The van der Waals surface area contributed by atoms with E-state index in [4.69, 9.17) is 0 Å². The Morgan fingerprint density at radius 3 is 2.00 bits per heavy atom. The monoisotopic (exact) mass is 138 g/mol. The molecule has 0 rings (SSSR count). The Balaban J connectivity index is 3.89. The zero-order chi connectivity index (χ0) is 5.91. The van der Waals surface area contributed by atoms with E-state index < -0.39 is 18.0 Å². The molecule has 0 saturated carbocycles. The summed E-state index contributed by atoms with van der Waals surface area (Å²) in [4.78, 5) is 0. The van der Waals surface area contributed by atoms with Gasteiger partial charge in [0.25, 0.3) is 0 Å². The molecule has 0 radical (unpaired) electrons. The molecule has 7 heavy (non-hydrogen) atoms. The summed E-state index contributed by atoms with van der Waals surface area (Å²) >= 11 is 0. The van der Waals surface area contributed by atoms with Gasteiger partial charge >= 0.3 is 0 Å². The SMILES string of the molecule is CCS(=O)(=O)[SiH2]C. The Labute approximate surface area is 46.3 Å². The fourth-order valence-corrected chi connectivity index (χ4v) is 1.84. The van der Waals surface area contributed by atoms with E-state index in [9.17, 15) is 8.42 Å². The van der Waals surface area contributed by atoms with E-state index in [-0.39, 0.29) is 0 Å². The quantitative estimate of drug-likeness (QED) is 0.484. The minimum atomic E-state index is -2.52. The molecule has 0 aromatic carbocycles. The Bertz CT molecular complexity index is 116. The lowest BCUT2D eigenvalue weighted by Gasteiger charge is -1.88. The van der Waals surface area contributed by atoms with Gasteiger partial charge in [-0.25, -0.2) is 8.42 Å². The fourth-order valence-electron chi connectivity index (χ4n) is 0.204. The summed E-state index contributed by atoms with van der Waals surface area (Å²) in [5, 5.41) is 0. The minimum Gasteiger partial charge on any atom is -0.237 e. The zero-order valence-electron chi connectivity index (χ0n) is 4.64. The van der Waals surface area contributed by atoms with Gasteiger partial charge in [-0.2, -0.15) is 0 Å². The van der Waals surface area contributed by atoms with Crippen molar-refractivity contribution in [2.45, 2.75) is 13.5 Å². The standard InChI is InChI=1S/C3H10O2SSi/c1-3-6(4,5)7-2/h3,7H2,1-2H3. The average Bonchev–Trinajstić information content (AvgIpc) is 1.68. The highest BCUT2D eigenvalue weighted by atomic mass is 32.4. The van der Waals surface area contributed by atoms with Gasteiger partial charge in [0.1, 0.15) is 9.29 Å². The van der Waals surface area contributed by atoms with Crippen molar-refractivity contribution < 1.29 is 8.42 Å². The largest absolute Gasteiger partial charge is 0.237 e. The molecule has 0 spiro atoms. The molecule has 0 aromatic heterocycles. The van der Waals surface area contributed by atoms with Crippen molar-refractivity contribution >= 4 is 18.0 Å². The molecule has 0 aliphatic carbocycles. The van der Waals surface area contributed by atoms with Crippen LogP contribution in [0.15, 0.2) is 0 Å². The van der Waals surface area contributed by atoms with Gasteiger partial charge in [-0.05, 0) is 0 Å². The zero-order valence-corrected chi connectivity index (χ0v) is 6.87. The van der Waals surface area contributed by atoms with Crippen LogP contribution in [0.4, 0.5) is 0 Å². The van der Waals surface area contributed by atoms with Crippen molar-refractivity contribution in [3.63, 3.8) is 0 Å². The highest BCUT2D eigenvalue weighted by Gasteiger charge is 1.99. The maximum atomic E-state index is 10.4. The van der Waals surface area contributed by atoms with Crippen molar-refractivity contribution in [1.82, 2.24) is 0 Å². The molecule has 0 aromatic rings. The van der Waals surface area contributed by atoms with Crippen LogP contribution < -0.4 is 0 Å². The van der Waals surface area contributed by atoms with Gasteiger partial charge in [0.05, 0.1) is 0 Å². The topological polar surface area (TPSA) is 34.1 Å². The number of hydrogen-bond acceptors (Lipinski definition) is 2. The minimum absolute atomic E-state index is 0.329. The van der Waals surface area contributed by atoms with Crippen LogP contribution >= 0.6 is 0 Å². The maximum absolute atomic E-state index is 10.4. The molecule has 0 N–H and O–H groups in total. The second-order valence-electron chi connectivity index (χ2n) is 1.32. The predicted molar refractivity (Wildman–Crippen MR) is 33.9 cm³/mol. The Hall–Kier alpha value is 0.167. The highest BCUT2D eigenvalue weighted by Crippen LogP contribution is 1.81. The molecule has 0 saturated heterocycles. The molecule has 4 heteroatoms. The molecular formula is C3H10O2SSi. The van der Waals surface area contributed by atoms with E-state index in [0.717, 1.165) is 0 Å². The van der Waals surface area contributed by atoms with Gasteiger partial charge < -0.3 is 0 Å². The number of hydrogen-bond donors (Lipinski definition) is 0. The van der Waals surface area contributed by atoms with Gasteiger partial charge in [-0.1, -0.05) is 13.5 Å². The summed E-state index contributed by atoms with van der Waals surface area (Å²) in [5.74, 6) is 0.329. The third-order valence-electron chi connectivity index (χ3n) is 0.880. The third-order valence-corrected chi connectivity index (χ3v) is 6.50. The van der Waals surface area contributed by atoms with Gasteiger partial charge in [0.15, 0.2) is 8.67 Å². The Morgan fingerprint density at radius 2 is 2.00 bits per heavy atom. The van der Waals surface area contributed by atoms with Crippen molar-refractivity contribution in [1.29, 1.82) is 0 Å². The molecule has 0 heterocycles. The highest BCUT2D eigenvalue weighted by molar-refractivity contribution is 8.15. The molecule has 2 nitrogen and oxygen atoms in total. The van der Waals surface area contributed by atoms with E-state index in [2.05, 4.69) is 0 Å². The molecule has 0 unspecified atom stereocenters. The van der Waals surface area contributed by atoms with E-state index in [1.165, 1.54) is 0 Å². The van der Waals surface area contributed by atoms with Crippen molar-refractivity contribution in [2.24, 2.45) is 0 Å².